The van der Waals surface area contributed by atoms with Crippen molar-refractivity contribution in [2.24, 2.45) is 0 Å². The molecule has 96 valence electrons. The highest BCUT2D eigenvalue weighted by Crippen LogP contribution is 2.23. The zero-order chi connectivity index (χ0) is 12.4. The molecule has 4 heteroatoms. The Hall–Kier alpha value is -1.39. The van der Waals surface area contributed by atoms with E-state index in [4.69, 9.17) is 0 Å². The van der Waals surface area contributed by atoms with Gasteiger partial charge in [0.2, 0.25) is 5.91 Å². The van der Waals surface area contributed by atoms with E-state index >= 15 is 0 Å². The van der Waals surface area contributed by atoms with E-state index in [1.165, 1.54) is 18.4 Å². The van der Waals surface area contributed by atoms with Crippen LogP contribution < -0.4 is 16.0 Å². The summed E-state index contributed by atoms with van der Waals surface area (Å²) < 4.78 is 0. The van der Waals surface area contributed by atoms with Crippen molar-refractivity contribution in [3.05, 3.63) is 29.3 Å². The van der Waals surface area contributed by atoms with Gasteiger partial charge in [0, 0.05) is 31.4 Å². The summed E-state index contributed by atoms with van der Waals surface area (Å²) in [6, 6.07) is 6.98. The fourth-order valence-corrected chi connectivity index (χ4v) is 2.28. The van der Waals surface area contributed by atoms with Gasteiger partial charge in [-0.3, -0.25) is 4.79 Å². The Bertz CT molecular complexity index is 454. The Balaban J connectivity index is 1.44. The number of rotatable bonds is 6. The molecule has 1 aliphatic heterocycles. The number of benzene rings is 1. The first-order valence-corrected chi connectivity index (χ1v) is 6.67. The molecule has 1 aromatic carbocycles. The number of hydrogen-bond donors (Lipinski definition) is 3. The van der Waals surface area contributed by atoms with E-state index in [0.717, 1.165) is 36.9 Å². The highest BCUT2D eigenvalue weighted by atomic mass is 16.1. The summed E-state index contributed by atoms with van der Waals surface area (Å²) in [6.07, 6.45) is 3.20. The molecule has 0 aromatic heterocycles. The minimum absolute atomic E-state index is 0.101. The van der Waals surface area contributed by atoms with Crippen LogP contribution in [0.2, 0.25) is 0 Å². The first-order chi connectivity index (χ1) is 8.81. The minimum Gasteiger partial charge on any atom is -0.326 e. The van der Waals surface area contributed by atoms with Gasteiger partial charge in [-0.05, 0) is 30.0 Å². The average molecular weight is 245 g/mol. The van der Waals surface area contributed by atoms with Gasteiger partial charge in [-0.15, -0.1) is 0 Å². The molecule has 18 heavy (non-hydrogen) atoms. The smallest absolute Gasteiger partial charge is 0.228 e. The fourth-order valence-electron chi connectivity index (χ4n) is 2.28. The predicted molar refractivity (Wildman–Crippen MR) is 71.5 cm³/mol. The van der Waals surface area contributed by atoms with Crippen molar-refractivity contribution < 1.29 is 4.79 Å². The molecule has 4 nitrogen and oxygen atoms in total. The average Bonchev–Trinajstić information content (AvgIpc) is 3.09. The van der Waals surface area contributed by atoms with Crippen LogP contribution in [0.3, 0.4) is 0 Å². The molecule has 0 unspecified atom stereocenters. The molecule has 1 aromatic rings. The van der Waals surface area contributed by atoms with Gasteiger partial charge in [-0.2, -0.15) is 0 Å². The van der Waals surface area contributed by atoms with E-state index in [9.17, 15) is 4.79 Å². The summed E-state index contributed by atoms with van der Waals surface area (Å²) in [4.78, 5) is 11.2. The lowest BCUT2D eigenvalue weighted by Crippen LogP contribution is -2.28. The molecule has 2 aliphatic rings. The normalized spacial score (nSPS) is 17.7. The lowest BCUT2D eigenvalue weighted by Gasteiger charge is -2.07. The van der Waals surface area contributed by atoms with Gasteiger partial charge < -0.3 is 16.0 Å². The van der Waals surface area contributed by atoms with E-state index < -0.39 is 0 Å². The van der Waals surface area contributed by atoms with Gasteiger partial charge in [0.15, 0.2) is 0 Å². The Kier molecular flexibility index (Phi) is 3.30. The van der Waals surface area contributed by atoms with Crippen LogP contribution in [0.5, 0.6) is 0 Å². The maximum Gasteiger partial charge on any atom is 0.228 e. The highest BCUT2D eigenvalue weighted by Gasteiger charge is 2.19. The zero-order valence-corrected chi connectivity index (χ0v) is 10.5. The SMILES string of the molecule is O=C1Cc2cc(CNCCNC3CC3)ccc2N1. The van der Waals surface area contributed by atoms with Crippen LogP contribution in [-0.4, -0.2) is 25.0 Å². The molecule has 0 spiro atoms. The van der Waals surface area contributed by atoms with Crippen LogP contribution in [-0.2, 0) is 17.8 Å². The second-order valence-electron chi connectivity index (χ2n) is 5.12. The van der Waals surface area contributed by atoms with Crippen LogP contribution in [0.15, 0.2) is 18.2 Å². The summed E-state index contributed by atoms with van der Waals surface area (Å²) in [5.74, 6) is 0.101. The Morgan fingerprint density at radius 1 is 1.28 bits per heavy atom. The van der Waals surface area contributed by atoms with Gasteiger partial charge in [0.05, 0.1) is 6.42 Å². The molecule has 0 saturated heterocycles. The second kappa shape index (κ2) is 5.08. The van der Waals surface area contributed by atoms with Crippen LogP contribution in [0, 0.1) is 0 Å². The molecule has 1 saturated carbocycles. The topological polar surface area (TPSA) is 53.2 Å². The molecule has 0 atom stereocenters. The van der Waals surface area contributed by atoms with Crippen LogP contribution in [0.1, 0.15) is 24.0 Å². The molecule has 1 aliphatic carbocycles. The number of amides is 1. The van der Waals surface area contributed by atoms with Crippen molar-refractivity contribution >= 4 is 11.6 Å². The number of carbonyl (C=O) groups excluding carboxylic acids is 1. The lowest BCUT2D eigenvalue weighted by molar-refractivity contribution is -0.115. The third-order valence-electron chi connectivity index (χ3n) is 3.44. The zero-order valence-electron chi connectivity index (χ0n) is 10.5. The summed E-state index contributed by atoms with van der Waals surface area (Å²) >= 11 is 0. The summed E-state index contributed by atoms with van der Waals surface area (Å²) in [6.45, 7) is 2.90. The van der Waals surface area contributed by atoms with E-state index in [-0.39, 0.29) is 5.91 Å². The molecule has 1 amide bonds. The number of anilines is 1. The third-order valence-corrected chi connectivity index (χ3v) is 3.44. The predicted octanol–water partition coefficient (Wildman–Crippen LogP) is 1.02. The van der Waals surface area contributed by atoms with Crippen LogP contribution in [0.25, 0.3) is 0 Å². The molecule has 3 rings (SSSR count). The maximum atomic E-state index is 11.2. The van der Waals surface area contributed by atoms with Gasteiger partial charge in [0.1, 0.15) is 0 Å². The molecular formula is C14H19N3O. The summed E-state index contributed by atoms with van der Waals surface area (Å²) in [7, 11) is 0. The summed E-state index contributed by atoms with van der Waals surface area (Å²) in [5, 5.41) is 9.74. The third kappa shape index (κ3) is 2.89. The van der Waals surface area contributed by atoms with E-state index in [1.54, 1.807) is 0 Å². The van der Waals surface area contributed by atoms with Gasteiger partial charge in [-0.25, -0.2) is 0 Å². The molecule has 1 fully saturated rings. The first-order valence-electron chi connectivity index (χ1n) is 6.67. The number of nitrogens with one attached hydrogen (secondary N) is 3. The molecule has 0 radical (unpaired) electrons. The fraction of sp³-hybridized carbons (Fsp3) is 0.500. The van der Waals surface area contributed by atoms with Crippen molar-refractivity contribution in [3.63, 3.8) is 0 Å². The van der Waals surface area contributed by atoms with Crippen LogP contribution >= 0.6 is 0 Å². The van der Waals surface area contributed by atoms with E-state index in [2.05, 4.69) is 28.1 Å². The van der Waals surface area contributed by atoms with Crippen molar-refractivity contribution in [1.29, 1.82) is 0 Å². The lowest BCUT2D eigenvalue weighted by atomic mass is 10.1. The first kappa shape index (κ1) is 11.7. The second-order valence-corrected chi connectivity index (χ2v) is 5.12. The summed E-state index contributed by atoms with van der Waals surface area (Å²) in [5.41, 5.74) is 3.34. The Morgan fingerprint density at radius 2 is 2.17 bits per heavy atom. The molecule has 0 bridgehead atoms. The standard InChI is InChI=1S/C14H19N3O/c18-14-8-11-7-10(1-4-13(11)17-14)9-15-5-6-16-12-2-3-12/h1,4,7,12,15-16H,2-3,5-6,8-9H2,(H,17,18). The highest BCUT2D eigenvalue weighted by molar-refractivity contribution is 5.99. The molecular weight excluding hydrogens is 226 g/mol. The van der Waals surface area contributed by atoms with Gasteiger partial charge in [-0.1, -0.05) is 12.1 Å². The monoisotopic (exact) mass is 245 g/mol. The van der Waals surface area contributed by atoms with Crippen molar-refractivity contribution in [3.8, 4) is 0 Å². The maximum absolute atomic E-state index is 11.2. The number of fused-ring (bicyclic) bond motifs is 1. The quantitative estimate of drug-likeness (QED) is 0.656. The number of carbonyl (C=O) groups is 1. The van der Waals surface area contributed by atoms with Gasteiger partial charge in [0.25, 0.3) is 0 Å². The van der Waals surface area contributed by atoms with E-state index in [1.807, 2.05) is 6.07 Å². The van der Waals surface area contributed by atoms with Crippen molar-refractivity contribution in [1.82, 2.24) is 10.6 Å². The van der Waals surface area contributed by atoms with Crippen LogP contribution in [0.4, 0.5) is 5.69 Å². The van der Waals surface area contributed by atoms with Crippen molar-refractivity contribution in [2.45, 2.75) is 31.8 Å². The van der Waals surface area contributed by atoms with Crippen molar-refractivity contribution in [2.75, 3.05) is 18.4 Å². The molecule has 1 heterocycles. The van der Waals surface area contributed by atoms with E-state index in [0.29, 0.717) is 6.42 Å². The molecule has 3 N–H and O–H groups in total. The Labute approximate surface area is 107 Å². The Morgan fingerprint density at radius 3 is 3.00 bits per heavy atom. The van der Waals surface area contributed by atoms with Gasteiger partial charge >= 0.3 is 0 Å². The largest absolute Gasteiger partial charge is 0.326 e. The number of hydrogen-bond acceptors (Lipinski definition) is 3. The minimum atomic E-state index is 0.101.